The molecule has 1 aliphatic heterocycles. The Hall–Kier alpha value is -2.36. The molecule has 0 spiro atoms. The molecule has 23 heavy (non-hydrogen) atoms. The number of carbonyl (C=O) groups excluding carboxylic acids is 1. The van der Waals surface area contributed by atoms with Crippen LogP contribution in [0.15, 0.2) is 48.5 Å². The summed E-state index contributed by atoms with van der Waals surface area (Å²) in [5, 5.41) is 3.47. The van der Waals surface area contributed by atoms with Gasteiger partial charge in [0, 0.05) is 24.3 Å². The van der Waals surface area contributed by atoms with Crippen molar-refractivity contribution in [3.05, 3.63) is 59.9 Å². The summed E-state index contributed by atoms with van der Waals surface area (Å²) < 4.78 is 13.1. The first-order valence-corrected chi connectivity index (χ1v) is 8.10. The average molecular weight is 312 g/mol. The minimum absolute atomic E-state index is 0.134. The van der Waals surface area contributed by atoms with Crippen molar-refractivity contribution < 1.29 is 9.18 Å². The number of amides is 1. The van der Waals surface area contributed by atoms with E-state index in [0.717, 1.165) is 36.3 Å². The minimum atomic E-state index is -0.219. The van der Waals surface area contributed by atoms with Crippen LogP contribution in [0.4, 0.5) is 15.8 Å². The molecular weight excluding hydrogens is 291 g/mol. The van der Waals surface area contributed by atoms with E-state index in [4.69, 9.17) is 0 Å². The first-order valence-electron chi connectivity index (χ1n) is 8.10. The molecule has 1 aliphatic rings. The van der Waals surface area contributed by atoms with Gasteiger partial charge in [0.2, 0.25) is 5.91 Å². The highest BCUT2D eigenvalue weighted by molar-refractivity contribution is 5.95. The molecule has 1 N–H and O–H groups in total. The van der Waals surface area contributed by atoms with Crippen molar-refractivity contribution in [1.29, 1.82) is 0 Å². The Balaban J connectivity index is 1.71. The van der Waals surface area contributed by atoms with Gasteiger partial charge < -0.3 is 10.2 Å². The number of anilines is 2. The molecular formula is C19H21FN2O. The van der Waals surface area contributed by atoms with E-state index in [1.165, 1.54) is 12.1 Å². The number of hydrogen-bond donors (Lipinski definition) is 1. The Morgan fingerprint density at radius 2 is 1.83 bits per heavy atom. The second kappa shape index (κ2) is 6.82. The summed E-state index contributed by atoms with van der Waals surface area (Å²) in [6, 6.07) is 14.7. The fourth-order valence-corrected chi connectivity index (χ4v) is 2.98. The number of nitrogens with zero attached hydrogens (tertiary/aromatic N) is 1. The third kappa shape index (κ3) is 3.52. The third-order valence-electron chi connectivity index (χ3n) is 4.27. The molecule has 2 aromatic rings. The van der Waals surface area contributed by atoms with E-state index in [-0.39, 0.29) is 17.8 Å². The monoisotopic (exact) mass is 312 g/mol. The number of rotatable bonds is 5. The van der Waals surface area contributed by atoms with Crippen molar-refractivity contribution >= 4 is 17.3 Å². The number of nitrogens with one attached hydrogen (secondary N) is 1. The Morgan fingerprint density at radius 3 is 2.39 bits per heavy atom. The Morgan fingerprint density at radius 1 is 1.13 bits per heavy atom. The Kier molecular flexibility index (Phi) is 4.60. The van der Waals surface area contributed by atoms with Gasteiger partial charge in [-0.1, -0.05) is 19.1 Å². The second-order valence-corrected chi connectivity index (χ2v) is 5.85. The van der Waals surface area contributed by atoms with Gasteiger partial charge in [-0.3, -0.25) is 4.79 Å². The Labute approximate surface area is 136 Å². The van der Waals surface area contributed by atoms with Crippen LogP contribution in [0, 0.1) is 5.82 Å². The lowest BCUT2D eigenvalue weighted by Gasteiger charge is -2.20. The molecule has 0 radical (unpaired) electrons. The summed E-state index contributed by atoms with van der Waals surface area (Å²) in [5.41, 5.74) is 3.01. The average Bonchev–Trinajstić information content (AvgIpc) is 3.00. The van der Waals surface area contributed by atoms with E-state index in [9.17, 15) is 9.18 Å². The number of hydrogen-bond acceptors (Lipinski definition) is 2. The number of halogens is 1. The van der Waals surface area contributed by atoms with Crippen molar-refractivity contribution in [2.24, 2.45) is 0 Å². The van der Waals surface area contributed by atoms with E-state index in [0.29, 0.717) is 6.42 Å². The SMILES string of the molecule is CCC(Nc1ccc(N2CCCC2=O)cc1)c1ccc(F)cc1. The third-order valence-corrected chi connectivity index (χ3v) is 4.27. The van der Waals surface area contributed by atoms with Gasteiger partial charge in [-0.2, -0.15) is 0 Å². The Bertz CT molecular complexity index is 667. The van der Waals surface area contributed by atoms with Gasteiger partial charge >= 0.3 is 0 Å². The van der Waals surface area contributed by atoms with Crippen LogP contribution in [0.1, 0.15) is 37.8 Å². The van der Waals surface area contributed by atoms with E-state index < -0.39 is 0 Å². The van der Waals surface area contributed by atoms with Crippen LogP contribution in [-0.4, -0.2) is 12.5 Å². The smallest absolute Gasteiger partial charge is 0.227 e. The minimum Gasteiger partial charge on any atom is -0.378 e. The highest BCUT2D eigenvalue weighted by atomic mass is 19.1. The molecule has 0 aromatic heterocycles. The van der Waals surface area contributed by atoms with Crippen molar-refractivity contribution in [2.45, 2.75) is 32.2 Å². The van der Waals surface area contributed by atoms with Gasteiger partial charge in [-0.25, -0.2) is 4.39 Å². The number of benzene rings is 2. The van der Waals surface area contributed by atoms with Gasteiger partial charge in [-0.15, -0.1) is 0 Å². The van der Waals surface area contributed by atoms with Crippen LogP contribution >= 0.6 is 0 Å². The summed E-state index contributed by atoms with van der Waals surface area (Å²) in [6.45, 7) is 2.90. The van der Waals surface area contributed by atoms with Gasteiger partial charge in [-0.05, 0) is 54.8 Å². The predicted molar refractivity (Wildman–Crippen MR) is 91.1 cm³/mol. The predicted octanol–water partition coefficient (Wildman–Crippen LogP) is 4.52. The summed E-state index contributed by atoms with van der Waals surface area (Å²) in [5.74, 6) is -0.0216. The topological polar surface area (TPSA) is 32.3 Å². The van der Waals surface area contributed by atoms with Crippen molar-refractivity contribution in [3.8, 4) is 0 Å². The summed E-state index contributed by atoms with van der Waals surface area (Å²) in [7, 11) is 0. The maximum Gasteiger partial charge on any atom is 0.227 e. The zero-order valence-corrected chi connectivity index (χ0v) is 13.3. The molecule has 0 bridgehead atoms. The summed E-state index contributed by atoms with van der Waals surface area (Å²) in [4.78, 5) is 13.6. The molecule has 3 nitrogen and oxygen atoms in total. The zero-order valence-electron chi connectivity index (χ0n) is 13.3. The first kappa shape index (κ1) is 15.5. The van der Waals surface area contributed by atoms with Crippen molar-refractivity contribution in [3.63, 3.8) is 0 Å². The highest BCUT2D eigenvalue weighted by Gasteiger charge is 2.21. The molecule has 1 unspecified atom stereocenters. The van der Waals surface area contributed by atoms with E-state index in [1.54, 1.807) is 0 Å². The van der Waals surface area contributed by atoms with E-state index >= 15 is 0 Å². The maximum absolute atomic E-state index is 13.1. The van der Waals surface area contributed by atoms with E-state index in [1.807, 2.05) is 41.3 Å². The largest absolute Gasteiger partial charge is 0.378 e. The van der Waals surface area contributed by atoms with Crippen LogP contribution in [0.2, 0.25) is 0 Å². The van der Waals surface area contributed by atoms with Crippen LogP contribution in [-0.2, 0) is 4.79 Å². The normalized spacial score (nSPS) is 15.7. The molecule has 120 valence electrons. The molecule has 1 heterocycles. The van der Waals surface area contributed by atoms with Crippen LogP contribution in [0.3, 0.4) is 0 Å². The molecule has 0 aliphatic carbocycles. The standard InChI is InChI=1S/C19H21FN2O/c1-2-18(14-5-7-15(20)8-6-14)21-16-9-11-17(12-10-16)22-13-3-4-19(22)23/h5-12,18,21H,2-4,13H2,1H3. The molecule has 0 saturated carbocycles. The fraction of sp³-hybridized carbons (Fsp3) is 0.316. The lowest BCUT2D eigenvalue weighted by molar-refractivity contribution is -0.117. The lowest BCUT2D eigenvalue weighted by atomic mass is 10.0. The number of carbonyl (C=O) groups is 1. The van der Waals surface area contributed by atoms with Crippen molar-refractivity contribution in [1.82, 2.24) is 0 Å². The summed E-state index contributed by atoms with van der Waals surface area (Å²) in [6.07, 6.45) is 2.47. The van der Waals surface area contributed by atoms with Crippen LogP contribution in [0.25, 0.3) is 0 Å². The highest BCUT2D eigenvalue weighted by Crippen LogP contribution is 2.26. The van der Waals surface area contributed by atoms with Gasteiger partial charge in [0.15, 0.2) is 0 Å². The quantitative estimate of drug-likeness (QED) is 0.880. The summed E-state index contributed by atoms with van der Waals surface area (Å²) >= 11 is 0. The van der Waals surface area contributed by atoms with Crippen molar-refractivity contribution in [2.75, 3.05) is 16.8 Å². The maximum atomic E-state index is 13.1. The lowest BCUT2D eigenvalue weighted by Crippen LogP contribution is -2.23. The molecule has 1 atom stereocenters. The molecule has 4 heteroatoms. The van der Waals surface area contributed by atoms with Gasteiger partial charge in [0.05, 0.1) is 6.04 Å². The van der Waals surface area contributed by atoms with Crippen LogP contribution in [0.5, 0.6) is 0 Å². The van der Waals surface area contributed by atoms with E-state index in [2.05, 4.69) is 12.2 Å². The fourth-order valence-electron chi connectivity index (χ4n) is 2.98. The molecule has 3 rings (SSSR count). The van der Waals surface area contributed by atoms with Gasteiger partial charge in [0.25, 0.3) is 0 Å². The second-order valence-electron chi connectivity index (χ2n) is 5.85. The molecule has 2 aromatic carbocycles. The molecule has 1 saturated heterocycles. The van der Waals surface area contributed by atoms with Crippen LogP contribution < -0.4 is 10.2 Å². The molecule has 1 amide bonds. The zero-order chi connectivity index (χ0) is 16.2. The van der Waals surface area contributed by atoms with Gasteiger partial charge in [0.1, 0.15) is 5.82 Å². The molecule has 1 fully saturated rings. The first-order chi connectivity index (χ1) is 11.2.